The molecule has 0 bridgehead atoms. The number of ether oxygens (including phenoxy) is 3. The van der Waals surface area contributed by atoms with E-state index in [2.05, 4.69) is 41.3 Å². The monoisotopic (exact) mass is 658 g/mol. The molecule has 1 aliphatic rings. The predicted octanol–water partition coefficient (Wildman–Crippen LogP) is 5.90. The van der Waals surface area contributed by atoms with Crippen LogP contribution in [0.15, 0.2) is 109 Å². The topological polar surface area (TPSA) is 99.3 Å². The number of nitrogens with zero attached hydrogens (tertiary/aromatic N) is 3. The number of hydrogen-bond donors (Lipinski definition) is 1. The minimum absolute atomic E-state index is 0.0342. The third kappa shape index (κ3) is 7.47. The SMILES string of the molecule is COc1cccc(-n2c(C)cc(C(=O)N3CCN(Cc4ccccc4)C[C@H]3Cc3ccccc3)c2-c2ccc(OCC(N)=O)cc2)c1OC. The van der Waals surface area contributed by atoms with Crippen molar-refractivity contribution >= 4 is 11.8 Å². The predicted molar refractivity (Wildman–Crippen MR) is 190 cm³/mol. The van der Waals surface area contributed by atoms with Crippen molar-refractivity contribution in [1.29, 1.82) is 0 Å². The highest BCUT2D eigenvalue weighted by Gasteiger charge is 2.34. The van der Waals surface area contributed by atoms with E-state index in [0.717, 1.165) is 48.7 Å². The van der Waals surface area contributed by atoms with Crippen LogP contribution in [-0.4, -0.2) is 72.7 Å². The molecule has 2 N–H and O–H groups in total. The van der Waals surface area contributed by atoms with Crippen molar-refractivity contribution in [2.24, 2.45) is 5.73 Å². The smallest absolute Gasteiger partial charge is 0.256 e. The van der Waals surface area contributed by atoms with Crippen molar-refractivity contribution in [2.75, 3.05) is 40.5 Å². The van der Waals surface area contributed by atoms with E-state index in [1.165, 1.54) is 11.1 Å². The van der Waals surface area contributed by atoms with Crippen molar-refractivity contribution in [2.45, 2.75) is 25.9 Å². The highest BCUT2D eigenvalue weighted by atomic mass is 16.5. The summed E-state index contributed by atoms with van der Waals surface area (Å²) in [7, 11) is 3.22. The molecule has 0 saturated carbocycles. The highest BCUT2D eigenvalue weighted by molar-refractivity contribution is 6.01. The minimum Gasteiger partial charge on any atom is -0.493 e. The molecule has 0 unspecified atom stereocenters. The van der Waals surface area contributed by atoms with Gasteiger partial charge in [0, 0.05) is 37.9 Å². The Morgan fingerprint density at radius 3 is 2.16 bits per heavy atom. The molecule has 1 aliphatic heterocycles. The van der Waals surface area contributed by atoms with Crippen LogP contribution >= 0.6 is 0 Å². The van der Waals surface area contributed by atoms with E-state index in [1.807, 2.05) is 77.1 Å². The molecule has 0 spiro atoms. The van der Waals surface area contributed by atoms with Gasteiger partial charge in [-0.05, 0) is 72.5 Å². The Bertz CT molecular complexity index is 1890. The number of amides is 2. The summed E-state index contributed by atoms with van der Waals surface area (Å²) in [5.74, 6) is 1.05. The van der Waals surface area contributed by atoms with Gasteiger partial charge in [0.2, 0.25) is 0 Å². The Hall–Kier alpha value is -5.54. The lowest BCUT2D eigenvalue weighted by Gasteiger charge is -2.42. The van der Waals surface area contributed by atoms with Crippen LogP contribution in [0.5, 0.6) is 17.2 Å². The van der Waals surface area contributed by atoms with Crippen LogP contribution in [0.4, 0.5) is 0 Å². The summed E-state index contributed by atoms with van der Waals surface area (Å²) in [4.78, 5) is 30.8. The molecule has 2 amide bonds. The summed E-state index contributed by atoms with van der Waals surface area (Å²) in [6, 6.07) is 35.8. The number of benzene rings is 4. The molecule has 0 radical (unpaired) electrons. The maximum atomic E-state index is 14.9. The van der Waals surface area contributed by atoms with Crippen molar-refractivity contribution in [3.8, 4) is 34.2 Å². The van der Waals surface area contributed by atoms with E-state index < -0.39 is 5.91 Å². The quantitative estimate of drug-likeness (QED) is 0.179. The van der Waals surface area contributed by atoms with Gasteiger partial charge in [0.25, 0.3) is 11.8 Å². The van der Waals surface area contributed by atoms with Gasteiger partial charge in [-0.1, -0.05) is 66.7 Å². The molecule has 2 heterocycles. The molecule has 1 fully saturated rings. The molecular formula is C40H42N4O5. The number of carbonyl (C=O) groups is 2. The number of para-hydroxylation sites is 1. The Morgan fingerprint density at radius 2 is 1.51 bits per heavy atom. The first kappa shape index (κ1) is 33.4. The molecule has 5 aromatic rings. The second kappa shape index (κ2) is 15.1. The fourth-order valence-corrected chi connectivity index (χ4v) is 6.69. The molecule has 4 aromatic carbocycles. The molecule has 1 atom stereocenters. The standard InChI is InChI=1S/C40H42N4O5/c1-28-23-34(40(46)43-22-21-42(25-30-13-8-5-9-14-30)26-32(43)24-29-11-6-4-7-12-29)38(31-17-19-33(20-18-31)49-27-37(41)45)44(28)35-15-10-16-36(47-2)39(35)48-3/h4-20,23,32H,21-22,24-27H2,1-3H3,(H2,41,45)/t32-/m1/s1. The molecule has 9 heteroatoms. The number of hydrogen-bond acceptors (Lipinski definition) is 6. The third-order valence-corrected chi connectivity index (χ3v) is 8.94. The summed E-state index contributed by atoms with van der Waals surface area (Å²) < 4.78 is 19.1. The molecule has 0 aliphatic carbocycles. The molecule has 9 nitrogen and oxygen atoms in total. The first-order chi connectivity index (χ1) is 23.9. The van der Waals surface area contributed by atoms with Gasteiger partial charge < -0.3 is 29.4 Å². The normalized spacial score (nSPS) is 14.8. The molecule has 1 aromatic heterocycles. The summed E-state index contributed by atoms with van der Waals surface area (Å²) in [6.45, 7) is 4.70. The Balaban J connectivity index is 1.42. The van der Waals surface area contributed by atoms with E-state index in [-0.39, 0.29) is 18.6 Å². The zero-order valence-electron chi connectivity index (χ0n) is 28.2. The van der Waals surface area contributed by atoms with Crippen LogP contribution in [0.25, 0.3) is 16.9 Å². The molecular weight excluding hydrogens is 616 g/mol. The van der Waals surface area contributed by atoms with Crippen molar-refractivity contribution < 1.29 is 23.8 Å². The zero-order chi connectivity index (χ0) is 34.3. The van der Waals surface area contributed by atoms with Gasteiger partial charge >= 0.3 is 0 Å². The average Bonchev–Trinajstić information content (AvgIpc) is 3.47. The third-order valence-electron chi connectivity index (χ3n) is 8.94. The summed E-state index contributed by atoms with van der Waals surface area (Å²) in [5, 5.41) is 0. The number of nitrogens with two attached hydrogens (primary N) is 1. The molecule has 49 heavy (non-hydrogen) atoms. The van der Waals surface area contributed by atoms with Gasteiger partial charge in [-0.3, -0.25) is 14.5 Å². The van der Waals surface area contributed by atoms with Crippen molar-refractivity contribution in [3.63, 3.8) is 0 Å². The molecule has 1 saturated heterocycles. The minimum atomic E-state index is -0.555. The van der Waals surface area contributed by atoms with Crippen LogP contribution in [0.2, 0.25) is 0 Å². The fraction of sp³-hybridized carbons (Fsp3) is 0.250. The maximum absolute atomic E-state index is 14.9. The van der Waals surface area contributed by atoms with Gasteiger partial charge in [0.15, 0.2) is 18.1 Å². The number of aromatic nitrogens is 1. The number of primary amides is 1. The number of aryl methyl sites for hydroxylation is 1. The van der Waals surface area contributed by atoms with Crippen molar-refractivity contribution in [3.05, 3.63) is 132 Å². The number of rotatable bonds is 12. The first-order valence-corrected chi connectivity index (χ1v) is 16.4. The lowest BCUT2D eigenvalue weighted by atomic mass is 9.99. The average molecular weight is 659 g/mol. The van der Waals surface area contributed by atoms with E-state index in [4.69, 9.17) is 19.9 Å². The number of carbonyl (C=O) groups excluding carboxylic acids is 2. The zero-order valence-corrected chi connectivity index (χ0v) is 28.2. The van der Waals surface area contributed by atoms with E-state index >= 15 is 0 Å². The lowest BCUT2D eigenvalue weighted by Crippen LogP contribution is -2.55. The van der Waals surface area contributed by atoms with Crippen LogP contribution in [0, 0.1) is 6.92 Å². The largest absolute Gasteiger partial charge is 0.493 e. The van der Waals surface area contributed by atoms with Gasteiger partial charge in [0.05, 0.1) is 31.2 Å². The summed E-state index contributed by atoms with van der Waals surface area (Å²) in [6.07, 6.45) is 0.739. The second-order valence-corrected chi connectivity index (χ2v) is 12.2. The summed E-state index contributed by atoms with van der Waals surface area (Å²) in [5.41, 5.74) is 11.5. The maximum Gasteiger partial charge on any atom is 0.256 e. The van der Waals surface area contributed by atoms with Gasteiger partial charge in [-0.15, -0.1) is 0 Å². The van der Waals surface area contributed by atoms with Crippen LogP contribution in [0.1, 0.15) is 27.2 Å². The van der Waals surface area contributed by atoms with E-state index in [1.54, 1.807) is 26.4 Å². The van der Waals surface area contributed by atoms with Gasteiger partial charge in [0.1, 0.15) is 5.75 Å². The Kier molecular flexibility index (Phi) is 10.3. The van der Waals surface area contributed by atoms with Gasteiger partial charge in [-0.25, -0.2) is 0 Å². The number of piperazine rings is 1. The van der Waals surface area contributed by atoms with Crippen molar-refractivity contribution in [1.82, 2.24) is 14.4 Å². The molecule has 6 rings (SSSR count). The Morgan fingerprint density at radius 1 is 0.816 bits per heavy atom. The fourth-order valence-electron chi connectivity index (χ4n) is 6.69. The van der Waals surface area contributed by atoms with Gasteiger partial charge in [-0.2, -0.15) is 0 Å². The Labute approximate surface area is 287 Å². The first-order valence-electron chi connectivity index (χ1n) is 16.4. The van der Waals surface area contributed by atoms with Crippen LogP contribution in [0.3, 0.4) is 0 Å². The van der Waals surface area contributed by atoms with Crippen LogP contribution in [-0.2, 0) is 17.8 Å². The van der Waals surface area contributed by atoms with E-state index in [9.17, 15) is 9.59 Å². The van der Waals surface area contributed by atoms with E-state index in [0.29, 0.717) is 29.4 Å². The highest BCUT2D eigenvalue weighted by Crippen LogP contribution is 2.40. The summed E-state index contributed by atoms with van der Waals surface area (Å²) >= 11 is 0. The lowest BCUT2D eigenvalue weighted by molar-refractivity contribution is -0.119. The second-order valence-electron chi connectivity index (χ2n) is 12.2. The van der Waals surface area contributed by atoms with Crippen LogP contribution < -0.4 is 19.9 Å². The molecule has 252 valence electrons. The number of methoxy groups -OCH3 is 2.